The number of methoxy groups -OCH3 is 2. The van der Waals surface area contributed by atoms with E-state index >= 15 is 0 Å². The molecule has 1 fully saturated rings. The largest absolute Gasteiger partial charge is 0.496 e. The normalized spacial score (nSPS) is 22.8. The predicted molar refractivity (Wildman–Crippen MR) is 83.2 cm³/mol. The first-order chi connectivity index (χ1) is 10.9. The summed E-state index contributed by atoms with van der Waals surface area (Å²) in [7, 11) is 2.93. The number of nitrogens with zero attached hydrogens (tertiary/aromatic N) is 2. The molecule has 0 saturated carbocycles. The second kappa shape index (κ2) is 5.38. The van der Waals surface area contributed by atoms with Gasteiger partial charge in [-0.05, 0) is 19.9 Å². The minimum absolute atomic E-state index is 0.0335. The molecule has 0 radical (unpaired) electrons. The van der Waals surface area contributed by atoms with Crippen molar-refractivity contribution in [3.63, 3.8) is 0 Å². The van der Waals surface area contributed by atoms with Gasteiger partial charge in [0.25, 0.3) is 0 Å². The van der Waals surface area contributed by atoms with Crippen LogP contribution in [0.5, 0.6) is 5.75 Å². The molecule has 1 atom stereocenters. The highest BCUT2D eigenvalue weighted by Gasteiger charge is 2.53. The number of rotatable bonds is 3. The van der Waals surface area contributed by atoms with E-state index in [1.807, 2.05) is 43.1 Å². The van der Waals surface area contributed by atoms with Crippen LogP contribution in [-0.4, -0.2) is 41.7 Å². The van der Waals surface area contributed by atoms with E-state index in [0.29, 0.717) is 17.7 Å². The molecule has 2 aliphatic rings. The Bertz CT molecular complexity index is 696. The summed E-state index contributed by atoms with van der Waals surface area (Å²) in [6, 6.07) is 7.09. The monoisotopic (exact) mass is 316 g/mol. The molecule has 122 valence electrons. The molecule has 23 heavy (non-hydrogen) atoms. The summed E-state index contributed by atoms with van der Waals surface area (Å²) < 4.78 is 10.4. The van der Waals surface area contributed by atoms with Gasteiger partial charge < -0.3 is 9.47 Å². The van der Waals surface area contributed by atoms with Crippen LogP contribution >= 0.6 is 0 Å². The van der Waals surface area contributed by atoms with Crippen LogP contribution in [-0.2, 0) is 14.3 Å². The summed E-state index contributed by atoms with van der Waals surface area (Å²) in [4.78, 5) is 24.6. The molecule has 2 aliphatic heterocycles. The van der Waals surface area contributed by atoms with Gasteiger partial charge in [0.05, 0.1) is 25.8 Å². The van der Waals surface area contributed by atoms with Gasteiger partial charge in [-0.2, -0.15) is 5.01 Å². The Morgan fingerprint density at radius 2 is 1.96 bits per heavy atom. The van der Waals surface area contributed by atoms with Gasteiger partial charge >= 0.3 is 5.97 Å². The number of carbonyl (C=O) groups is 2. The Labute approximate surface area is 135 Å². The van der Waals surface area contributed by atoms with Gasteiger partial charge in [0.2, 0.25) is 5.91 Å². The number of hydrazine groups is 1. The van der Waals surface area contributed by atoms with E-state index in [0.717, 1.165) is 5.56 Å². The van der Waals surface area contributed by atoms with E-state index in [1.165, 1.54) is 12.1 Å². The summed E-state index contributed by atoms with van der Waals surface area (Å²) in [6.45, 7) is 3.97. The van der Waals surface area contributed by atoms with Crippen LogP contribution in [0.1, 0.15) is 31.9 Å². The standard InChI is InChI=1S/C17H20N2O4/c1-17(2)9-14(20)18-10-12(16(21)23-4)15(19(17)18)11-7-5-6-8-13(11)22-3/h5-8,10,15H,9H2,1-4H3. The Morgan fingerprint density at radius 1 is 1.26 bits per heavy atom. The lowest BCUT2D eigenvalue weighted by atomic mass is 9.93. The summed E-state index contributed by atoms with van der Waals surface area (Å²) >= 11 is 0. The zero-order chi connectivity index (χ0) is 16.8. The van der Waals surface area contributed by atoms with Crippen molar-refractivity contribution in [3.8, 4) is 5.75 Å². The number of para-hydroxylation sites is 1. The summed E-state index contributed by atoms with van der Waals surface area (Å²) in [6.07, 6.45) is 1.98. The number of esters is 1. The zero-order valence-corrected chi connectivity index (χ0v) is 13.7. The third kappa shape index (κ3) is 2.30. The van der Waals surface area contributed by atoms with Crippen LogP contribution in [0.4, 0.5) is 0 Å². The number of hydrogen-bond donors (Lipinski definition) is 0. The Morgan fingerprint density at radius 3 is 2.61 bits per heavy atom. The zero-order valence-electron chi connectivity index (χ0n) is 13.7. The second-order valence-electron chi connectivity index (χ2n) is 6.29. The van der Waals surface area contributed by atoms with E-state index in [9.17, 15) is 9.59 Å². The molecule has 3 rings (SSSR count). The third-order valence-corrected chi connectivity index (χ3v) is 4.35. The lowest BCUT2D eigenvalue weighted by molar-refractivity contribution is -0.138. The van der Waals surface area contributed by atoms with Crippen LogP contribution in [0, 0.1) is 0 Å². The molecule has 2 heterocycles. The van der Waals surface area contributed by atoms with E-state index in [-0.39, 0.29) is 5.91 Å². The highest BCUT2D eigenvalue weighted by Crippen LogP contribution is 2.48. The van der Waals surface area contributed by atoms with Gasteiger partial charge in [-0.15, -0.1) is 0 Å². The molecule has 0 aromatic heterocycles. The van der Waals surface area contributed by atoms with Crippen molar-refractivity contribution in [2.24, 2.45) is 0 Å². The average Bonchev–Trinajstić information content (AvgIpc) is 3.03. The first kappa shape index (κ1) is 15.6. The fraction of sp³-hybridized carbons (Fsp3) is 0.412. The summed E-state index contributed by atoms with van der Waals surface area (Å²) in [5, 5.41) is 3.46. The fourth-order valence-corrected chi connectivity index (χ4v) is 3.36. The molecule has 0 aliphatic carbocycles. The Kier molecular flexibility index (Phi) is 3.64. The van der Waals surface area contributed by atoms with Crippen molar-refractivity contribution in [1.29, 1.82) is 0 Å². The highest BCUT2D eigenvalue weighted by molar-refractivity contribution is 5.93. The molecule has 0 bridgehead atoms. The van der Waals surface area contributed by atoms with Gasteiger partial charge in [-0.25, -0.2) is 9.80 Å². The minimum atomic E-state index is -0.445. The number of fused-ring (bicyclic) bond motifs is 1. The van der Waals surface area contributed by atoms with Crippen molar-refractivity contribution in [3.05, 3.63) is 41.6 Å². The molecule has 1 aromatic rings. The average molecular weight is 316 g/mol. The van der Waals surface area contributed by atoms with Crippen LogP contribution in [0.15, 0.2) is 36.0 Å². The van der Waals surface area contributed by atoms with Crippen LogP contribution in [0.3, 0.4) is 0 Å². The first-order valence-corrected chi connectivity index (χ1v) is 7.45. The van der Waals surface area contributed by atoms with Gasteiger partial charge in [0, 0.05) is 23.7 Å². The topological polar surface area (TPSA) is 59.1 Å². The quantitative estimate of drug-likeness (QED) is 0.799. The lowest BCUT2D eigenvalue weighted by Crippen LogP contribution is -2.44. The molecule has 0 spiro atoms. The van der Waals surface area contributed by atoms with E-state index in [1.54, 1.807) is 13.3 Å². The summed E-state index contributed by atoms with van der Waals surface area (Å²) in [5.41, 5.74) is 0.851. The van der Waals surface area contributed by atoms with Crippen molar-refractivity contribution in [1.82, 2.24) is 10.0 Å². The van der Waals surface area contributed by atoms with Crippen LogP contribution < -0.4 is 4.74 Å². The number of hydrogen-bond acceptors (Lipinski definition) is 5. The van der Waals surface area contributed by atoms with Crippen LogP contribution in [0.25, 0.3) is 0 Å². The maximum absolute atomic E-state index is 12.3. The molecule has 0 N–H and O–H groups in total. The maximum atomic E-state index is 12.3. The molecule has 1 aromatic carbocycles. The van der Waals surface area contributed by atoms with Crippen molar-refractivity contribution >= 4 is 11.9 Å². The molecule has 6 heteroatoms. The fourth-order valence-electron chi connectivity index (χ4n) is 3.36. The number of ether oxygens (including phenoxy) is 2. The maximum Gasteiger partial charge on any atom is 0.337 e. The number of amides is 1. The predicted octanol–water partition coefficient (Wildman–Crippen LogP) is 2.03. The number of benzene rings is 1. The highest BCUT2D eigenvalue weighted by atomic mass is 16.5. The Hall–Kier alpha value is -2.34. The van der Waals surface area contributed by atoms with Crippen molar-refractivity contribution in [2.75, 3.05) is 14.2 Å². The van der Waals surface area contributed by atoms with Crippen molar-refractivity contribution in [2.45, 2.75) is 31.8 Å². The van der Waals surface area contributed by atoms with Crippen LogP contribution in [0.2, 0.25) is 0 Å². The van der Waals surface area contributed by atoms with Gasteiger partial charge in [-0.3, -0.25) is 4.79 Å². The summed E-state index contributed by atoms with van der Waals surface area (Å²) in [5.74, 6) is 0.192. The Balaban J connectivity index is 2.16. The molecule has 6 nitrogen and oxygen atoms in total. The third-order valence-electron chi connectivity index (χ3n) is 4.35. The molecular weight excluding hydrogens is 296 g/mol. The smallest absolute Gasteiger partial charge is 0.337 e. The molecular formula is C17H20N2O4. The van der Waals surface area contributed by atoms with Gasteiger partial charge in [0.1, 0.15) is 5.75 Å². The van der Waals surface area contributed by atoms with Gasteiger partial charge in [0.15, 0.2) is 0 Å². The van der Waals surface area contributed by atoms with Gasteiger partial charge in [-0.1, -0.05) is 18.2 Å². The molecule has 1 amide bonds. The minimum Gasteiger partial charge on any atom is -0.496 e. The van der Waals surface area contributed by atoms with E-state index in [2.05, 4.69) is 0 Å². The first-order valence-electron chi connectivity index (χ1n) is 7.45. The lowest BCUT2D eigenvalue weighted by Gasteiger charge is -2.36. The number of carbonyl (C=O) groups excluding carboxylic acids is 2. The van der Waals surface area contributed by atoms with Crippen molar-refractivity contribution < 1.29 is 19.1 Å². The SMILES string of the molecule is COC(=O)C1=CN2C(=O)CC(C)(C)N2C1c1ccccc1OC. The van der Waals surface area contributed by atoms with E-state index < -0.39 is 17.6 Å². The molecule has 1 saturated heterocycles. The van der Waals surface area contributed by atoms with E-state index in [4.69, 9.17) is 9.47 Å². The molecule has 1 unspecified atom stereocenters. The second-order valence-corrected chi connectivity index (χ2v) is 6.29.